The van der Waals surface area contributed by atoms with E-state index in [1.54, 1.807) is 12.1 Å². The van der Waals surface area contributed by atoms with Gasteiger partial charge in [-0.15, -0.1) is 11.3 Å². The van der Waals surface area contributed by atoms with E-state index in [4.69, 9.17) is 23.2 Å². The molecular weight excluding hydrogens is 335 g/mol. The van der Waals surface area contributed by atoms with Crippen LogP contribution in [0, 0.1) is 0 Å². The molecule has 7 heteroatoms. The Morgan fingerprint density at radius 2 is 2.20 bits per heavy atom. The lowest BCUT2D eigenvalue weighted by Gasteiger charge is -2.06. The lowest BCUT2D eigenvalue weighted by atomic mass is 10.2. The Morgan fingerprint density at radius 1 is 1.45 bits per heavy atom. The fraction of sp³-hybridized carbons (Fsp3) is 0.231. The molecule has 1 N–H and O–H groups in total. The number of anilines is 1. The molecule has 1 unspecified atom stereocenters. The maximum absolute atomic E-state index is 11.8. The highest BCUT2D eigenvalue weighted by Gasteiger charge is 2.14. The molecule has 3 nitrogen and oxygen atoms in total. The molecule has 0 spiro atoms. The molecule has 0 radical (unpaired) electrons. The van der Waals surface area contributed by atoms with E-state index < -0.39 is 0 Å². The first-order valence-corrected chi connectivity index (χ1v) is 8.68. The molecule has 0 fully saturated rings. The molecule has 1 atom stereocenters. The Kier molecular flexibility index (Phi) is 5.32. The summed E-state index contributed by atoms with van der Waals surface area (Å²) in [6.07, 6.45) is 1.89. The van der Waals surface area contributed by atoms with Gasteiger partial charge in [0, 0.05) is 16.0 Å². The van der Waals surface area contributed by atoms with Crippen LogP contribution in [-0.2, 0) is 4.79 Å². The van der Waals surface area contributed by atoms with Crippen LogP contribution in [0.4, 0.5) is 5.13 Å². The summed E-state index contributed by atoms with van der Waals surface area (Å²) in [7, 11) is 0. The van der Waals surface area contributed by atoms with Gasteiger partial charge in [0.05, 0.1) is 16.0 Å². The maximum atomic E-state index is 11.8. The molecule has 1 aromatic heterocycles. The second kappa shape index (κ2) is 6.80. The summed E-state index contributed by atoms with van der Waals surface area (Å²) in [5, 5.41) is 6.22. The molecule has 0 saturated carbocycles. The van der Waals surface area contributed by atoms with Crippen molar-refractivity contribution in [2.45, 2.75) is 12.2 Å². The molecular formula is C13H12Cl2N2OS2. The van der Waals surface area contributed by atoms with Gasteiger partial charge in [0.25, 0.3) is 0 Å². The average Bonchev–Trinajstić information content (AvgIpc) is 2.85. The second-order valence-corrected chi connectivity index (χ2v) is 6.91. The number of benzene rings is 1. The Hall–Kier alpha value is -0.750. The van der Waals surface area contributed by atoms with Crippen LogP contribution in [0.25, 0.3) is 11.3 Å². The fourth-order valence-corrected chi connectivity index (χ4v) is 2.96. The van der Waals surface area contributed by atoms with Crippen LogP contribution >= 0.6 is 46.3 Å². The lowest BCUT2D eigenvalue weighted by molar-refractivity contribution is -0.115. The first-order valence-electron chi connectivity index (χ1n) is 5.76. The van der Waals surface area contributed by atoms with Crippen LogP contribution in [0.15, 0.2) is 23.6 Å². The van der Waals surface area contributed by atoms with Crippen LogP contribution in [0.5, 0.6) is 0 Å². The number of amides is 1. The van der Waals surface area contributed by atoms with Gasteiger partial charge in [-0.05, 0) is 31.4 Å². The quantitative estimate of drug-likeness (QED) is 0.863. The van der Waals surface area contributed by atoms with Crippen molar-refractivity contribution in [3.8, 4) is 11.3 Å². The zero-order valence-corrected chi connectivity index (χ0v) is 14.0. The molecule has 1 heterocycles. The topological polar surface area (TPSA) is 42.0 Å². The van der Waals surface area contributed by atoms with Gasteiger partial charge in [-0.1, -0.05) is 23.2 Å². The van der Waals surface area contributed by atoms with E-state index in [0.717, 1.165) is 11.3 Å². The van der Waals surface area contributed by atoms with Crippen LogP contribution in [0.3, 0.4) is 0 Å². The molecule has 20 heavy (non-hydrogen) atoms. The van der Waals surface area contributed by atoms with Gasteiger partial charge in [-0.25, -0.2) is 4.98 Å². The molecule has 0 bridgehead atoms. The molecule has 0 aliphatic carbocycles. The molecule has 2 rings (SSSR count). The zero-order valence-electron chi connectivity index (χ0n) is 10.8. The number of rotatable bonds is 4. The molecule has 1 aromatic carbocycles. The van der Waals surface area contributed by atoms with Gasteiger partial charge in [-0.3, -0.25) is 4.79 Å². The third kappa shape index (κ3) is 3.67. The normalized spacial score (nSPS) is 12.2. The number of halogens is 2. The van der Waals surface area contributed by atoms with Gasteiger partial charge in [-0.2, -0.15) is 11.8 Å². The van der Waals surface area contributed by atoms with Gasteiger partial charge in [0.15, 0.2) is 5.13 Å². The number of thiazole rings is 1. The summed E-state index contributed by atoms with van der Waals surface area (Å²) < 4.78 is 0. The fourth-order valence-electron chi connectivity index (χ4n) is 1.47. The van der Waals surface area contributed by atoms with Crippen molar-refractivity contribution in [1.29, 1.82) is 0 Å². The number of carbonyl (C=O) groups excluding carboxylic acids is 1. The minimum absolute atomic E-state index is 0.0550. The van der Waals surface area contributed by atoms with Crippen LogP contribution in [0.1, 0.15) is 6.92 Å². The molecule has 1 amide bonds. The van der Waals surface area contributed by atoms with Crippen LogP contribution in [-0.4, -0.2) is 22.4 Å². The lowest BCUT2D eigenvalue weighted by Crippen LogP contribution is -2.21. The Morgan fingerprint density at radius 3 is 2.85 bits per heavy atom. The van der Waals surface area contributed by atoms with Crippen molar-refractivity contribution in [2.75, 3.05) is 11.6 Å². The average molecular weight is 347 g/mol. The Labute approximate surface area is 135 Å². The highest BCUT2D eigenvalue weighted by molar-refractivity contribution is 7.99. The summed E-state index contributed by atoms with van der Waals surface area (Å²) in [6.45, 7) is 1.85. The van der Waals surface area contributed by atoms with E-state index in [1.807, 2.05) is 24.6 Å². The van der Waals surface area contributed by atoms with Crippen molar-refractivity contribution in [3.05, 3.63) is 33.6 Å². The molecule has 0 aliphatic heterocycles. The van der Waals surface area contributed by atoms with E-state index in [9.17, 15) is 4.79 Å². The van der Waals surface area contributed by atoms with Crippen molar-refractivity contribution >= 4 is 57.3 Å². The Balaban J connectivity index is 2.18. The third-order valence-electron chi connectivity index (χ3n) is 2.66. The summed E-state index contributed by atoms with van der Waals surface area (Å²) in [4.78, 5) is 16.2. The summed E-state index contributed by atoms with van der Waals surface area (Å²) in [5.41, 5.74) is 1.52. The largest absolute Gasteiger partial charge is 0.301 e. The minimum Gasteiger partial charge on any atom is -0.301 e. The maximum Gasteiger partial charge on any atom is 0.238 e. The summed E-state index contributed by atoms with van der Waals surface area (Å²) in [5.74, 6) is -0.0550. The van der Waals surface area contributed by atoms with E-state index in [2.05, 4.69) is 10.3 Å². The standard InChI is InChI=1S/C13H12Cl2N2OS2/c1-7(19-2)12(18)17-13-16-11(6-20-13)9-4-3-8(14)5-10(9)15/h3-7H,1-2H3,(H,16,17,18). The first kappa shape index (κ1) is 15.6. The predicted octanol–water partition coefficient (Wildman–Crippen LogP) is 4.81. The number of hydrogen-bond acceptors (Lipinski definition) is 4. The van der Waals surface area contributed by atoms with Crippen LogP contribution in [0.2, 0.25) is 10.0 Å². The van der Waals surface area contributed by atoms with Crippen LogP contribution < -0.4 is 5.32 Å². The molecule has 0 saturated heterocycles. The minimum atomic E-state index is -0.110. The zero-order chi connectivity index (χ0) is 14.7. The smallest absolute Gasteiger partial charge is 0.238 e. The number of aromatic nitrogens is 1. The van der Waals surface area contributed by atoms with Gasteiger partial charge < -0.3 is 5.32 Å². The molecule has 0 aliphatic rings. The number of thioether (sulfide) groups is 1. The van der Waals surface area contributed by atoms with Crippen molar-refractivity contribution < 1.29 is 4.79 Å². The first-order chi connectivity index (χ1) is 9.51. The van der Waals surface area contributed by atoms with Crippen molar-refractivity contribution in [2.24, 2.45) is 0 Å². The van der Waals surface area contributed by atoms with Crippen molar-refractivity contribution in [1.82, 2.24) is 4.98 Å². The van der Waals surface area contributed by atoms with Gasteiger partial charge >= 0.3 is 0 Å². The number of carbonyl (C=O) groups is 1. The predicted molar refractivity (Wildman–Crippen MR) is 89.2 cm³/mol. The van der Waals surface area contributed by atoms with E-state index in [1.165, 1.54) is 23.1 Å². The highest BCUT2D eigenvalue weighted by atomic mass is 35.5. The highest BCUT2D eigenvalue weighted by Crippen LogP contribution is 2.32. The summed E-state index contributed by atoms with van der Waals surface area (Å²) in [6, 6.07) is 5.25. The van der Waals surface area contributed by atoms with Crippen molar-refractivity contribution in [3.63, 3.8) is 0 Å². The number of nitrogens with zero attached hydrogens (tertiary/aromatic N) is 1. The van der Waals surface area contributed by atoms with Gasteiger partial charge in [0.2, 0.25) is 5.91 Å². The van der Waals surface area contributed by atoms with Gasteiger partial charge in [0.1, 0.15) is 0 Å². The molecule has 106 valence electrons. The third-order valence-corrected chi connectivity index (χ3v) is 4.89. The van der Waals surface area contributed by atoms with E-state index in [0.29, 0.717) is 15.2 Å². The number of hydrogen-bond donors (Lipinski definition) is 1. The van der Waals surface area contributed by atoms with E-state index >= 15 is 0 Å². The Bertz CT molecular complexity index is 631. The number of nitrogens with one attached hydrogen (secondary N) is 1. The monoisotopic (exact) mass is 346 g/mol. The SMILES string of the molecule is CSC(C)C(=O)Nc1nc(-c2ccc(Cl)cc2Cl)cs1. The molecule has 2 aromatic rings. The summed E-state index contributed by atoms with van der Waals surface area (Å²) >= 11 is 14.9. The second-order valence-electron chi connectivity index (χ2n) is 4.03. The van der Waals surface area contributed by atoms with E-state index in [-0.39, 0.29) is 11.2 Å².